The molecule has 96 valence electrons. The zero-order chi connectivity index (χ0) is 13.7. The van der Waals surface area contributed by atoms with Gasteiger partial charge in [-0.15, -0.1) is 0 Å². The van der Waals surface area contributed by atoms with Gasteiger partial charge in [0.15, 0.2) is 17.3 Å². The molecule has 0 heterocycles. The number of ketones is 1. The lowest BCUT2D eigenvalue weighted by Crippen LogP contribution is -2.18. The Morgan fingerprint density at radius 1 is 1.50 bits per heavy atom. The van der Waals surface area contributed by atoms with Crippen LogP contribution in [0.2, 0.25) is 0 Å². The van der Waals surface area contributed by atoms with Gasteiger partial charge in [0, 0.05) is 5.56 Å². The van der Waals surface area contributed by atoms with Crippen LogP contribution in [-0.4, -0.2) is 12.4 Å². The minimum atomic E-state index is -0.748. The molecule has 18 heavy (non-hydrogen) atoms. The predicted molar refractivity (Wildman–Crippen MR) is 65.8 cm³/mol. The molecule has 0 aromatic heterocycles. The number of Topliss-reactive ketones (excluding diaryl/α,β-unsaturated/α-hetero) is 1. The molecule has 0 aliphatic rings. The number of carbonyl (C=O) groups excluding carboxylic acids is 1. The highest BCUT2D eigenvalue weighted by Crippen LogP contribution is 2.22. The van der Waals surface area contributed by atoms with Gasteiger partial charge in [-0.1, -0.05) is 13.8 Å². The summed E-state index contributed by atoms with van der Waals surface area (Å²) in [6.07, 6.45) is 0. The fourth-order valence-corrected chi connectivity index (χ4v) is 1.62. The first-order valence-corrected chi connectivity index (χ1v) is 5.87. The predicted octanol–water partition coefficient (Wildman–Crippen LogP) is 3.20. The Morgan fingerprint density at radius 2 is 2.17 bits per heavy atom. The van der Waals surface area contributed by atoms with Crippen LogP contribution in [0.5, 0.6) is 5.75 Å². The number of nitriles is 1. The molecule has 1 atom stereocenters. The molecule has 1 rings (SSSR count). The summed E-state index contributed by atoms with van der Waals surface area (Å²) in [6.45, 7) is 5.69. The van der Waals surface area contributed by atoms with E-state index in [1.165, 1.54) is 12.1 Å². The number of nitrogens with zero attached hydrogens (tertiary/aromatic N) is 1. The summed E-state index contributed by atoms with van der Waals surface area (Å²) in [5.41, 5.74) is 0.205. The van der Waals surface area contributed by atoms with Gasteiger partial charge in [0.1, 0.15) is 5.92 Å². The Morgan fingerprint density at radius 3 is 2.61 bits per heavy atom. The molecule has 4 heteroatoms. The van der Waals surface area contributed by atoms with Gasteiger partial charge in [0.25, 0.3) is 0 Å². The second-order valence-corrected chi connectivity index (χ2v) is 4.29. The molecule has 0 radical (unpaired) electrons. The normalized spacial score (nSPS) is 12.0. The van der Waals surface area contributed by atoms with Crippen LogP contribution in [0.3, 0.4) is 0 Å². The first-order chi connectivity index (χ1) is 8.51. The number of benzene rings is 1. The van der Waals surface area contributed by atoms with Crippen LogP contribution in [-0.2, 0) is 0 Å². The van der Waals surface area contributed by atoms with E-state index in [1.807, 2.05) is 6.07 Å². The van der Waals surface area contributed by atoms with E-state index in [0.29, 0.717) is 6.61 Å². The number of ether oxygens (including phenoxy) is 1. The van der Waals surface area contributed by atoms with Crippen LogP contribution < -0.4 is 4.74 Å². The molecular formula is C14H16FNO2. The Bertz CT molecular complexity index is 477. The number of hydrogen-bond acceptors (Lipinski definition) is 3. The lowest BCUT2D eigenvalue weighted by atomic mass is 9.89. The van der Waals surface area contributed by atoms with Crippen LogP contribution in [0, 0.1) is 29.0 Å². The molecule has 0 N–H and O–H groups in total. The summed E-state index contributed by atoms with van der Waals surface area (Å²) in [6, 6.07) is 5.99. The molecule has 1 aromatic rings. The first kappa shape index (κ1) is 14.2. The zero-order valence-corrected chi connectivity index (χ0v) is 10.7. The number of carbonyl (C=O) groups is 1. The van der Waals surface area contributed by atoms with Crippen molar-refractivity contribution in [3.8, 4) is 11.8 Å². The van der Waals surface area contributed by atoms with E-state index in [1.54, 1.807) is 20.8 Å². The molecule has 0 saturated heterocycles. The van der Waals surface area contributed by atoms with Crippen LogP contribution >= 0.6 is 0 Å². The third kappa shape index (κ3) is 3.07. The summed E-state index contributed by atoms with van der Waals surface area (Å²) in [4.78, 5) is 12.0. The van der Waals surface area contributed by atoms with Crippen molar-refractivity contribution in [3.63, 3.8) is 0 Å². The van der Waals surface area contributed by atoms with Gasteiger partial charge in [-0.25, -0.2) is 4.39 Å². The molecule has 3 nitrogen and oxygen atoms in total. The van der Waals surface area contributed by atoms with Crippen molar-refractivity contribution in [2.24, 2.45) is 11.8 Å². The van der Waals surface area contributed by atoms with Crippen molar-refractivity contribution in [2.75, 3.05) is 6.61 Å². The quantitative estimate of drug-likeness (QED) is 0.753. The third-order valence-electron chi connectivity index (χ3n) is 2.60. The number of rotatable bonds is 5. The highest BCUT2D eigenvalue weighted by atomic mass is 19.1. The third-order valence-corrected chi connectivity index (χ3v) is 2.60. The van der Waals surface area contributed by atoms with Gasteiger partial charge in [-0.05, 0) is 31.0 Å². The van der Waals surface area contributed by atoms with Crippen LogP contribution in [0.4, 0.5) is 4.39 Å². The largest absolute Gasteiger partial charge is 0.491 e. The summed E-state index contributed by atoms with van der Waals surface area (Å²) in [5, 5.41) is 8.95. The molecule has 0 fully saturated rings. The van der Waals surface area contributed by atoms with E-state index in [0.717, 1.165) is 6.07 Å². The Kier molecular flexibility index (Phi) is 4.85. The highest BCUT2D eigenvalue weighted by molar-refractivity contribution is 5.99. The Balaban J connectivity index is 3.01. The van der Waals surface area contributed by atoms with Crippen LogP contribution in [0.15, 0.2) is 18.2 Å². The van der Waals surface area contributed by atoms with Gasteiger partial charge in [-0.3, -0.25) is 4.79 Å². The first-order valence-electron chi connectivity index (χ1n) is 5.87. The van der Waals surface area contributed by atoms with E-state index in [-0.39, 0.29) is 23.0 Å². The van der Waals surface area contributed by atoms with E-state index in [9.17, 15) is 9.18 Å². The van der Waals surface area contributed by atoms with Crippen LogP contribution in [0.1, 0.15) is 31.1 Å². The summed E-state index contributed by atoms with van der Waals surface area (Å²) in [5.74, 6) is -1.66. The lowest BCUT2D eigenvalue weighted by molar-refractivity contribution is 0.0924. The minimum absolute atomic E-state index is 0.0999. The maximum atomic E-state index is 13.6. The second-order valence-electron chi connectivity index (χ2n) is 4.29. The van der Waals surface area contributed by atoms with Gasteiger partial charge in [-0.2, -0.15) is 5.26 Å². The average Bonchev–Trinajstić information content (AvgIpc) is 2.32. The fraction of sp³-hybridized carbons (Fsp3) is 0.429. The standard InChI is InChI=1S/C14H16FNO2/c1-4-18-13-6-5-10(7-12(13)15)14(17)11(8-16)9(2)3/h5-7,9,11H,4H2,1-3H3. The van der Waals surface area contributed by atoms with Crippen molar-refractivity contribution in [2.45, 2.75) is 20.8 Å². The van der Waals surface area contributed by atoms with E-state index < -0.39 is 11.7 Å². The summed E-state index contributed by atoms with van der Waals surface area (Å²) < 4.78 is 18.7. The molecule has 0 amide bonds. The van der Waals surface area contributed by atoms with Gasteiger partial charge >= 0.3 is 0 Å². The number of hydrogen-bond donors (Lipinski definition) is 0. The molecule has 0 aliphatic heterocycles. The average molecular weight is 249 g/mol. The molecular weight excluding hydrogens is 233 g/mol. The maximum absolute atomic E-state index is 13.6. The van der Waals surface area contributed by atoms with Crippen molar-refractivity contribution in [1.82, 2.24) is 0 Å². The minimum Gasteiger partial charge on any atom is -0.491 e. The van der Waals surface area contributed by atoms with Crippen molar-refractivity contribution >= 4 is 5.78 Å². The molecule has 1 unspecified atom stereocenters. The monoisotopic (exact) mass is 249 g/mol. The Hall–Kier alpha value is -1.89. The molecule has 0 saturated carbocycles. The van der Waals surface area contributed by atoms with Crippen molar-refractivity contribution in [3.05, 3.63) is 29.6 Å². The van der Waals surface area contributed by atoms with Crippen LogP contribution in [0.25, 0.3) is 0 Å². The molecule has 1 aromatic carbocycles. The lowest BCUT2D eigenvalue weighted by Gasteiger charge is -2.12. The molecule has 0 aliphatic carbocycles. The van der Waals surface area contributed by atoms with E-state index in [2.05, 4.69) is 0 Å². The second kappa shape index (κ2) is 6.15. The van der Waals surface area contributed by atoms with Gasteiger partial charge in [0.2, 0.25) is 0 Å². The summed E-state index contributed by atoms with van der Waals surface area (Å²) >= 11 is 0. The smallest absolute Gasteiger partial charge is 0.180 e. The van der Waals surface area contributed by atoms with E-state index in [4.69, 9.17) is 10.00 Å². The van der Waals surface area contributed by atoms with E-state index >= 15 is 0 Å². The fourth-order valence-electron chi connectivity index (χ4n) is 1.62. The number of halogens is 1. The maximum Gasteiger partial charge on any atom is 0.180 e. The molecule has 0 bridgehead atoms. The summed E-state index contributed by atoms with van der Waals surface area (Å²) in [7, 11) is 0. The Labute approximate surface area is 106 Å². The highest BCUT2D eigenvalue weighted by Gasteiger charge is 2.23. The topological polar surface area (TPSA) is 50.1 Å². The van der Waals surface area contributed by atoms with Crippen molar-refractivity contribution < 1.29 is 13.9 Å². The van der Waals surface area contributed by atoms with Crippen molar-refractivity contribution in [1.29, 1.82) is 5.26 Å². The van der Waals surface area contributed by atoms with Gasteiger partial charge < -0.3 is 4.74 Å². The zero-order valence-electron chi connectivity index (χ0n) is 10.7. The SMILES string of the molecule is CCOc1ccc(C(=O)C(C#N)C(C)C)cc1F. The van der Waals surface area contributed by atoms with Gasteiger partial charge in [0.05, 0.1) is 12.7 Å². The molecule has 0 spiro atoms.